The van der Waals surface area contributed by atoms with Crippen LogP contribution in [0.2, 0.25) is 0 Å². The highest BCUT2D eigenvalue weighted by Gasteiger charge is 2.11. The summed E-state index contributed by atoms with van der Waals surface area (Å²) in [5, 5.41) is 2.05. The van der Waals surface area contributed by atoms with Gasteiger partial charge in [0.2, 0.25) is 0 Å². The van der Waals surface area contributed by atoms with E-state index in [1.165, 1.54) is 4.88 Å². The van der Waals surface area contributed by atoms with Crippen LogP contribution in [0.25, 0.3) is 10.4 Å². The molecule has 0 unspecified atom stereocenters. The van der Waals surface area contributed by atoms with Crippen LogP contribution in [0.1, 0.15) is 0 Å². The summed E-state index contributed by atoms with van der Waals surface area (Å²) in [6.45, 7) is 0. The van der Waals surface area contributed by atoms with Crippen molar-refractivity contribution in [1.29, 1.82) is 0 Å². The van der Waals surface area contributed by atoms with Crippen molar-refractivity contribution in [3.05, 3.63) is 35.7 Å². The average molecular weight is 220 g/mol. The van der Waals surface area contributed by atoms with Crippen LogP contribution in [-0.4, -0.2) is 14.2 Å². The molecule has 2 aromatic rings. The van der Waals surface area contributed by atoms with Crippen LogP contribution < -0.4 is 9.47 Å². The van der Waals surface area contributed by atoms with Gasteiger partial charge in [-0.3, -0.25) is 0 Å². The van der Waals surface area contributed by atoms with Gasteiger partial charge in [-0.15, -0.1) is 11.3 Å². The minimum absolute atomic E-state index is 0.767. The van der Waals surface area contributed by atoms with Gasteiger partial charge >= 0.3 is 0 Å². The van der Waals surface area contributed by atoms with Crippen molar-refractivity contribution in [3.8, 4) is 21.9 Å². The van der Waals surface area contributed by atoms with E-state index in [1.807, 2.05) is 29.6 Å². The number of hydrogen-bond donors (Lipinski definition) is 0. The fourth-order valence-corrected chi connectivity index (χ4v) is 2.26. The van der Waals surface area contributed by atoms with E-state index in [0.717, 1.165) is 17.1 Å². The van der Waals surface area contributed by atoms with E-state index in [9.17, 15) is 0 Å². The Bertz CT molecular complexity index is 435. The summed E-state index contributed by atoms with van der Waals surface area (Å²) in [6, 6.07) is 10.0. The maximum atomic E-state index is 5.37. The van der Waals surface area contributed by atoms with Gasteiger partial charge in [0.25, 0.3) is 0 Å². The third kappa shape index (κ3) is 1.83. The fourth-order valence-electron chi connectivity index (χ4n) is 1.51. The molecule has 0 amide bonds. The molecule has 0 bridgehead atoms. The minimum atomic E-state index is 0.767. The van der Waals surface area contributed by atoms with Crippen molar-refractivity contribution in [2.24, 2.45) is 0 Å². The van der Waals surface area contributed by atoms with Gasteiger partial charge in [0.15, 0.2) is 11.5 Å². The molecule has 0 radical (unpaired) electrons. The lowest BCUT2D eigenvalue weighted by Gasteiger charge is -2.10. The summed E-state index contributed by atoms with van der Waals surface area (Å²) < 4.78 is 10.6. The Morgan fingerprint density at radius 1 is 1.00 bits per heavy atom. The third-order valence-electron chi connectivity index (χ3n) is 2.19. The van der Waals surface area contributed by atoms with E-state index in [2.05, 4.69) is 6.07 Å². The summed E-state index contributed by atoms with van der Waals surface area (Å²) in [6.07, 6.45) is 0. The average Bonchev–Trinajstić information content (AvgIpc) is 2.81. The molecule has 0 atom stereocenters. The van der Waals surface area contributed by atoms with E-state index >= 15 is 0 Å². The van der Waals surface area contributed by atoms with Crippen LogP contribution in [0.4, 0.5) is 0 Å². The number of benzene rings is 1. The molecule has 78 valence electrons. The fraction of sp³-hybridized carbons (Fsp3) is 0.167. The van der Waals surface area contributed by atoms with E-state index in [4.69, 9.17) is 9.47 Å². The van der Waals surface area contributed by atoms with Gasteiger partial charge < -0.3 is 9.47 Å². The number of thiophene rings is 1. The van der Waals surface area contributed by atoms with Gasteiger partial charge in [-0.2, -0.15) is 0 Å². The van der Waals surface area contributed by atoms with Crippen molar-refractivity contribution < 1.29 is 9.47 Å². The van der Waals surface area contributed by atoms with Gasteiger partial charge in [0.1, 0.15) is 0 Å². The molecular weight excluding hydrogens is 208 g/mol. The van der Waals surface area contributed by atoms with E-state index in [0.29, 0.717) is 0 Å². The molecule has 0 saturated heterocycles. The molecule has 15 heavy (non-hydrogen) atoms. The minimum Gasteiger partial charge on any atom is -0.493 e. The molecule has 0 fully saturated rings. The highest BCUT2D eigenvalue weighted by molar-refractivity contribution is 7.13. The van der Waals surface area contributed by atoms with Crippen molar-refractivity contribution in [1.82, 2.24) is 0 Å². The first-order valence-corrected chi connectivity index (χ1v) is 5.49. The first kappa shape index (κ1) is 10.1. The maximum Gasteiger partial charge on any atom is 0.169 e. The zero-order valence-electron chi connectivity index (χ0n) is 8.69. The molecule has 0 N–H and O–H groups in total. The maximum absolute atomic E-state index is 5.37. The Morgan fingerprint density at radius 3 is 2.47 bits per heavy atom. The number of methoxy groups -OCH3 is 2. The topological polar surface area (TPSA) is 18.5 Å². The van der Waals surface area contributed by atoms with Crippen LogP contribution in [0.5, 0.6) is 11.5 Å². The van der Waals surface area contributed by atoms with Crippen molar-refractivity contribution >= 4 is 11.3 Å². The van der Waals surface area contributed by atoms with E-state index in [1.54, 1.807) is 25.6 Å². The smallest absolute Gasteiger partial charge is 0.169 e. The molecule has 2 rings (SSSR count). The first-order chi connectivity index (χ1) is 7.36. The molecule has 1 aromatic heterocycles. The van der Waals surface area contributed by atoms with Crippen molar-refractivity contribution in [2.75, 3.05) is 14.2 Å². The van der Waals surface area contributed by atoms with Gasteiger partial charge in [-0.05, 0) is 23.6 Å². The van der Waals surface area contributed by atoms with Crippen LogP contribution in [0, 0.1) is 0 Å². The van der Waals surface area contributed by atoms with Crippen LogP contribution in [0.3, 0.4) is 0 Å². The SMILES string of the molecule is COc1cccc(-c2cccs2)c1OC. The Balaban J connectivity index is 2.56. The third-order valence-corrected chi connectivity index (χ3v) is 3.09. The molecule has 1 aromatic carbocycles. The first-order valence-electron chi connectivity index (χ1n) is 4.61. The highest BCUT2D eigenvalue weighted by Crippen LogP contribution is 2.39. The summed E-state index contributed by atoms with van der Waals surface area (Å²) >= 11 is 1.69. The quantitative estimate of drug-likeness (QED) is 0.789. The second kappa shape index (κ2) is 4.36. The molecule has 0 aliphatic rings. The summed E-state index contributed by atoms with van der Waals surface area (Å²) in [5.74, 6) is 1.56. The summed E-state index contributed by atoms with van der Waals surface area (Å²) in [7, 11) is 3.31. The lowest BCUT2D eigenvalue weighted by atomic mass is 10.1. The predicted octanol–water partition coefficient (Wildman–Crippen LogP) is 3.43. The van der Waals surface area contributed by atoms with Crippen LogP contribution in [-0.2, 0) is 0 Å². The second-order valence-corrected chi connectivity index (χ2v) is 3.97. The van der Waals surface area contributed by atoms with E-state index < -0.39 is 0 Å². The summed E-state index contributed by atoms with van der Waals surface area (Å²) in [5.41, 5.74) is 1.08. The largest absolute Gasteiger partial charge is 0.493 e. The normalized spacial score (nSPS) is 10.0. The lowest BCUT2D eigenvalue weighted by molar-refractivity contribution is 0.356. The number of rotatable bonds is 3. The van der Waals surface area contributed by atoms with Crippen LogP contribution in [0.15, 0.2) is 35.7 Å². The van der Waals surface area contributed by atoms with Crippen molar-refractivity contribution in [2.45, 2.75) is 0 Å². The second-order valence-electron chi connectivity index (χ2n) is 3.02. The molecule has 1 heterocycles. The number of hydrogen-bond acceptors (Lipinski definition) is 3. The van der Waals surface area contributed by atoms with Crippen LogP contribution >= 0.6 is 11.3 Å². The van der Waals surface area contributed by atoms with E-state index in [-0.39, 0.29) is 0 Å². The predicted molar refractivity (Wildman–Crippen MR) is 62.9 cm³/mol. The Labute approximate surface area is 93.1 Å². The zero-order chi connectivity index (χ0) is 10.7. The summed E-state index contributed by atoms with van der Waals surface area (Å²) in [4.78, 5) is 1.19. The zero-order valence-corrected chi connectivity index (χ0v) is 9.51. The lowest BCUT2D eigenvalue weighted by Crippen LogP contribution is -1.91. The Kier molecular flexibility index (Phi) is 2.92. The highest BCUT2D eigenvalue weighted by atomic mass is 32.1. The molecule has 0 aliphatic carbocycles. The van der Waals surface area contributed by atoms with Gasteiger partial charge in [-0.1, -0.05) is 12.1 Å². The van der Waals surface area contributed by atoms with Gasteiger partial charge in [-0.25, -0.2) is 0 Å². The standard InChI is InChI=1S/C12H12O2S/c1-13-10-6-3-5-9(12(10)14-2)11-7-4-8-15-11/h3-8H,1-2H3. The molecular formula is C12H12O2S. The Morgan fingerprint density at radius 2 is 1.87 bits per heavy atom. The molecule has 0 aliphatic heterocycles. The van der Waals surface area contributed by atoms with Crippen molar-refractivity contribution in [3.63, 3.8) is 0 Å². The molecule has 0 spiro atoms. The molecule has 3 heteroatoms. The number of ether oxygens (including phenoxy) is 2. The van der Waals surface area contributed by atoms with Gasteiger partial charge in [0.05, 0.1) is 14.2 Å². The number of para-hydroxylation sites is 1. The monoisotopic (exact) mass is 220 g/mol. The molecule has 0 saturated carbocycles. The Hall–Kier alpha value is -1.48. The van der Waals surface area contributed by atoms with Gasteiger partial charge in [0, 0.05) is 10.4 Å². The molecule has 2 nitrogen and oxygen atoms in total.